The number of amides is 1. The molecule has 7 heteroatoms. The Labute approximate surface area is 160 Å². The summed E-state index contributed by atoms with van der Waals surface area (Å²) in [5, 5.41) is 2.77. The van der Waals surface area contributed by atoms with Gasteiger partial charge in [0.05, 0.1) is 18.9 Å². The van der Waals surface area contributed by atoms with Gasteiger partial charge >= 0.3 is 0 Å². The smallest absolute Gasteiger partial charge is 0.274 e. The van der Waals surface area contributed by atoms with Gasteiger partial charge in [0.25, 0.3) is 5.91 Å². The monoisotopic (exact) mass is 388 g/mol. The van der Waals surface area contributed by atoms with Crippen molar-refractivity contribution in [1.82, 2.24) is 9.88 Å². The average molecular weight is 389 g/mol. The second-order valence-electron chi connectivity index (χ2n) is 6.30. The number of hydrogen-bond donors (Lipinski definition) is 0. The van der Waals surface area contributed by atoms with Crippen LogP contribution < -0.4 is 0 Å². The van der Waals surface area contributed by atoms with Crippen molar-refractivity contribution in [1.29, 1.82) is 0 Å². The predicted molar refractivity (Wildman–Crippen MR) is 103 cm³/mol. The van der Waals surface area contributed by atoms with Crippen molar-refractivity contribution in [2.45, 2.75) is 32.4 Å². The van der Waals surface area contributed by atoms with E-state index in [4.69, 9.17) is 9.15 Å². The van der Waals surface area contributed by atoms with Crippen molar-refractivity contribution < 1.29 is 13.9 Å². The van der Waals surface area contributed by atoms with Crippen LogP contribution in [0.4, 0.5) is 0 Å². The molecule has 1 saturated heterocycles. The van der Waals surface area contributed by atoms with Gasteiger partial charge in [0.15, 0.2) is 10.8 Å². The zero-order chi connectivity index (χ0) is 17.9. The van der Waals surface area contributed by atoms with Gasteiger partial charge in [-0.05, 0) is 43.3 Å². The molecule has 0 N–H and O–H groups in total. The van der Waals surface area contributed by atoms with Crippen LogP contribution in [0.15, 0.2) is 40.3 Å². The molecular formula is C19H20N2O3S2. The number of thiophene rings is 1. The molecule has 136 valence electrons. The zero-order valence-electron chi connectivity index (χ0n) is 14.5. The van der Waals surface area contributed by atoms with Gasteiger partial charge in [0.1, 0.15) is 5.69 Å². The van der Waals surface area contributed by atoms with Crippen LogP contribution in [-0.4, -0.2) is 35.0 Å². The van der Waals surface area contributed by atoms with E-state index in [0.29, 0.717) is 24.5 Å². The molecule has 1 fully saturated rings. The first-order chi connectivity index (χ1) is 12.7. The van der Waals surface area contributed by atoms with Gasteiger partial charge in [-0.3, -0.25) is 4.79 Å². The second kappa shape index (κ2) is 7.73. The van der Waals surface area contributed by atoms with Crippen LogP contribution in [-0.2, 0) is 11.3 Å². The maximum atomic E-state index is 13.3. The number of furan rings is 1. The van der Waals surface area contributed by atoms with E-state index >= 15 is 0 Å². The molecule has 0 radical (unpaired) electrons. The van der Waals surface area contributed by atoms with Crippen molar-refractivity contribution >= 4 is 28.6 Å². The summed E-state index contributed by atoms with van der Waals surface area (Å²) in [5.74, 6) is 0.654. The summed E-state index contributed by atoms with van der Waals surface area (Å²) in [7, 11) is 0. The highest BCUT2D eigenvalue weighted by Crippen LogP contribution is 2.29. The number of nitrogens with zero attached hydrogens (tertiary/aromatic N) is 2. The van der Waals surface area contributed by atoms with E-state index in [1.54, 1.807) is 17.6 Å². The number of hydrogen-bond acceptors (Lipinski definition) is 6. The number of carbonyl (C=O) groups excluding carboxylic acids is 1. The Morgan fingerprint density at radius 3 is 3.00 bits per heavy atom. The molecule has 3 aromatic heterocycles. The van der Waals surface area contributed by atoms with Crippen LogP contribution in [0.5, 0.6) is 0 Å². The Hall–Kier alpha value is -1.96. The van der Waals surface area contributed by atoms with Gasteiger partial charge in [0.2, 0.25) is 0 Å². The molecule has 1 aliphatic heterocycles. The molecular weight excluding hydrogens is 368 g/mol. The molecule has 3 aromatic rings. The Morgan fingerprint density at radius 2 is 2.31 bits per heavy atom. The molecule has 4 rings (SSSR count). The van der Waals surface area contributed by atoms with Crippen LogP contribution in [0.3, 0.4) is 0 Å². The number of aryl methyl sites for hydroxylation is 1. The van der Waals surface area contributed by atoms with Crippen LogP contribution in [0.2, 0.25) is 0 Å². The van der Waals surface area contributed by atoms with E-state index in [-0.39, 0.29) is 12.0 Å². The largest absolute Gasteiger partial charge is 0.462 e. The molecule has 0 saturated carbocycles. The van der Waals surface area contributed by atoms with Gasteiger partial charge in [-0.25, -0.2) is 4.98 Å². The minimum absolute atomic E-state index is 0.0412. The molecule has 26 heavy (non-hydrogen) atoms. The van der Waals surface area contributed by atoms with Gasteiger partial charge in [-0.2, -0.15) is 0 Å². The fourth-order valence-corrected chi connectivity index (χ4v) is 4.69. The van der Waals surface area contributed by atoms with E-state index < -0.39 is 0 Å². The van der Waals surface area contributed by atoms with Gasteiger partial charge < -0.3 is 14.1 Å². The highest BCUT2D eigenvalue weighted by Gasteiger charge is 2.27. The van der Waals surface area contributed by atoms with Crippen molar-refractivity contribution in [3.63, 3.8) is 0 Å². The molecule has 1 unspecified atom stereocenters. The van der Waals surface area contributed by atoms with Crippen LogP contribution in [0, 0.1) is 6.92 Å². The van der Waals surface area contributed by atoms with Crippen molar-refractivity contribution in [2.24, 2.45) is 0 Å². The zero-order valence-corrected chi connectivity index (χ0v) is 16.1. The Morgan fingerprint density at radius 1 is 1.38 bits per heavy atom. The fraction of sp³-hybridized carbons (Fsp3) is 0.368. The van der Waals surface area contributed by atoms with Crippen LogP contribution >= 0.6 is 22.7 Å². The maximum Gasteiger partial charge on any atom is 0.274 e. The lowest BCUT2D eigenvalue weighted by molar-refractivity contribution is 0.0505. The standard InChI is InChI=1S/C19H20N2O3S2/c1-13-17(20-18(26-13)16-7-3-9-24-16)19(22)21(11-14-5-2-8-23-14)12-15-6-4-10-25-15/h3-4,6-7,9-10,14H,2,5,8,11-12H2,1H3. The highest BCUT2D eigenvalue weighted by molar-refractivity contribution is 7.15. The third-order valence-corrected chi connectivity index (χ3v) is 6.24. The number of thiazole rings is 1. The lowest BCUT2D eigenvalue weighted by Crippen LogP contribution is -2.37. The Balaban J connectivity index is 1.58. The summed E-state index contributed by atoms with van der Waals surface area (Å²) < 4.78 is 11.2. The lowest BCUT2D eigenvalue weighted by Gasteiger charge is -2.24. The van der Waals surface area contributed by atoms with Gasteiger partial charge in [-0.1, -0.05) is 6.07 Å². The number of aromatic nitrogens is 1. The SMILES string of the molecule is Cc1sc(-c2ccco2)nc1C(=O)N(Cc1cccs1)CC1CCCO1. The summed E-state index contributed by atoms with van der Waals surface area (Å²) in [6.45, 7) is 3.91. The summed E-state index contributed by atoms with van der Waals surface area (Å²) in [6.07, 6.45) is 3.79. The molecule has 1 atom stereocenters. The van der Waals surface area contributed by atoms with E-state index in [9.17, 15) is 4.79 Å². The third-order valence-electron chi connectivity index (χ3n) is 4.39. The Bertz CT molecular complexity index is 850. The van der Waals surface area contributed by atoms with Crippen LogP contribution in [0.25, 0.3) is 10.8 Å². The molecule has 1 amide bonds. The van der Waals surface area contributed by atoms with E-state index in [1.165, 1.54) is 11.3 Å². The van der Waals surface area contributed by atoms with E-state index in [2.05, 4.69) is 11.1 Å². The summed E-state index contributed by atoms with van der Waals surface area (Å²) in [6, 6.07) is 7.76. The van der Waals surface area contributed by atoms with Crippen molar-refractivity contribution in [3.8, 4) is 10.8 Å². The Kier molecular flexibility index (Phi) is 5.19. The first-order valence-electron chi connectivity index (χ1n) is 8.65. The molecule has 0 aliphatic carbocycles. The first kappa shape index (κ1) is 17.5. The van der Waals surface area contributed by atoms with Crippen LogP contribution in [0.1, 0.15) is 33.1 Å². The minimum atomic E-state index is -0.0412. The first-order valence-corrected chi connectivity index (χ1v) is 10.3. The average Bonchev–Trinajstić information content (AvgIpc) is 3.41. The third kappa shape index (κ3) is 3.75. The molecule has 4 heterocycles. The second-order valence-corrected chi connectivity index (χ2v) is 8.54. The molecule has 5 nitrogen and oxygen atoms in total. The normalized spacial score (nSPS) is 16.9. The van der Waals surface area contributed by atoms with E-state index in [1.807, 2.05) is 35.4 Å². The summed E-state index contributed by atoms with van der Waals surface area (Å²) in [5.41, 5.74) is 0.510. The van der Waals surface area contributed by atoms with Crippen molar-refractivity contribution in [3.05, 3.63) is 51.4 Å². The summed E-state index contributed by atoms with van der Waals surface area (Å²) in [4.78, 5) is 21.8. The van der Waals surface area contributed by atoms with Crippen molar-refractivity contribution in [2.75, 3.05) is 13.2 Å². The van der Waals surface area contributed by atoms with E-state index in [0.717, 1.165) is 34.2 Å². The number of rotatable bonds is 6. The molecule has 0 bridgehead atoms. The molecule has 0 spiro atoms. The molecule has 0 aromatic carbocycles. The highest BCUT2D eigenvalue weighted by atomic mass is 32.1. The predicted octanol–water partition coefficient (Wildman–Crippen LogP) is 4.59. The molecule has 1 aliphatic rings. The quantitative estimate of drug-likeness (QED) is 0.619. The van der Waals surface area contributed by atoms with Gasteiger partial charge in [-0.15, -0.1) is 22.7 Å². The lowest BCUT2D eigenvalue weighted by atomic mass is 10.2. The maximum absolute atomic E-state index is 13.3. The fourth-order valence-electron chi connectivity index (χ4n) is 3.09. The topological polar surface area (TPSA) is 55.6 Å². The number of carbonyl (C=O) groups is 1. The van der Waals surface area contributed by atoms with Gasteiger partial charge in [0, 0.05) is 22.9 Å². The minimum Gasteiger partial charge on any atom is -0.462 e. The number of ether oxygens (including phenoxy) is 1. The summed E-state index contributed by atoms with van der Waals surface area (Å²) >= 11 is 3.15.